The van der Waals surface area contributed by atoms with Crippen LogP contribution in [0.5, 0.6) is 0 Å². The topological polar surface area (TPSA) is 80.9 Å². The molecule has 0 spiro atoms. The number of nitrogens with one attached hydrogen (secondary N) is 1. The van der Waals surface area contributed by atoms with Crippen molar-refractivity contribution in [3.05, 3.63) is 46.9 Å². The number of amides is 1. The molecule has 8 heteroatoms. The van der Waals surface area contributed by atoms with E-state index in [0.717, 1.165) is 18.3 Å². The van der Waals surface area contributed by atoms with Crippen molar-refractivity contribution in [2.24, 2.45) is 5.73 Å². The minimum absolute atomic E-state index is 0.132. The van der Waals surface area contributed by atoms with E-state index in [-0.39, 0.29) is 16.7 Å². The van der Waals surface area contributed by atoms with E-state index >= 15 is 0 Å². The van der Waals surface area contributed by atoms with Crippen molar-refractivity contribution in [3.8, 4) is 0 Å². The van der Waals surface area contributed by atoms with E-state index in [1.807, 2.05) is 0 Å². The Morgan fingerprint density at radius 3 is 2.53 bits per heavy atom. The van der Waals surface area contributed by atoms with Gasteiger partial charge in [-0.15, -0.1) is 0 Å². The van der Waals surface area contributed by atoms with Gasteiger partial charge in [0.2, 0.25) is 5.28 Å². The summed E-state index contributed by atoms with van der Waals surface area (Å²) in [5, 5.41) is 2.15. The fourth-order valence-corrected chi connectivity index (χ4v) is 1.50. The van der Waals surface area contributed by atoms with Crippen LogP contribution in [-0.4, -0.2) is 15.9 Å². The Morgan fingerprint density at radius 1 is 1.32 bits per heavy atom. The van der Waals surface area contributed by atoms with E-state index in [9.17, 15) is 13.6 Å². The molecule has 0 saturated heterocycles. The first-order chi connectivity index (χ1) is 8.99. The van der Waals surface area contributed by atoms with Crippen molar-refractivity contribution in [2.45, 2.75) is 0 Å². The summed E-state index contributed by atoms with van der Waals surface area (Å²) in [6, 6.07) is 3.31. The number of nitrogens with zero attached hydrogens (tertiary/aromatic N) is 2. The van der Waals surface area contributed by atoms with E-state index < -0.39 is 23.2 Å². The molecular weight excluding hydrogens is 278 g/mol. The number of rotatable bonds is 3. The highest BCUT2D eigenvalue weighted by atomic mass is 35.5. The van der Waals surface area contributed by atoms with Gasteiger partial charge < -0.3 is 11.1 Å². The molecule has 19 heavy (non-hydrogen) atoms. The third-order valence-corrected chi connectivity index (χ3v) is 2.41. The number of nitrogens with two attached hydrogens (primary N) is 1. The molecule has 2 aromatic rings. The Balaban J connectivity index is 2.49. The minimum atomic E-state index is -0.851. The smallest absolute Gasteiger partial charge is 0.254 e. The van der Waals surface area contributed by atoms with Crippen LogP contribution in [0.2, 0.25) is 5.28 Å². The number of aromatic nitrogens is 2. The van der Waals surface area contributed by atoms with E-state index in [1.165, 1.54) is 6.07 Å². The Bertz CT molecular complexity index is 630. The SMILES string of the molecule is NC(=O)c1cnc(Cl)nc1Nc1c(F)cccc1F. The molecule has 1 heterocycles. The van der Waals surface area contributed by atoms with Crippen LogP contribution in [0.3, 0.4) is 0 Å². The Kier molecular flexibility index (Phi) is 3.57. The molecule has 0 atom stereocenters. The monoisotopic (exact) mass is 284 g/mol. The third-order valence-electron chi connectivity index (χ3n) is 2.23. The van der Waals surface area contributed by atoms with Crippen LogP contribution in [0.25, 0.3) is 0 Å². The Labute approximate surface area is 111 Å². The van der Waals surface area contributed by atoms with Gasteiger partial charge in [0, 0.05) is 6.20 Å². The highest BCUT2D eigenvalue weighted by Crippen LogP contribution is 2.24. The molecule has 0 aliphatic heterocycles. The zero-order valence-corrected chi connectivity index (χ0v) is 10.1. The summed E-state index contributed by atoms with van der Waals surface area (Å²) in [6.45, 7) is 0. The van der Waals surface area contributed by atoms with Gasteiger partial charge in [0.15, 0.2) is 0 Å². The van der Waals surface area contributed by atoms with Gasteiger partial charge in [-0.1, -0.05) is 6.07 Å². The lowest BCUT2D eigenvalue weighted by Gasteiger charge is -2.10. The number of halogens is 3. The number of hydrogen-bond donors (Lipinski definition) is 2. The molecule has 98 valence electrons. The molecule has 2 rings (SSSR count). The van der Waals surface area contributed by atoms with Gasteiger partial charge in [0.1, 0.15) is 28.7 Å². The highest BCUT2D eigenvalue weighted by molar-refractivity contribution is 6.28. The lowest BCUT2D eigenvalue weighted by molar-refractivity contribution is 0.100. The van der Waals surface area contributed by atoms with Crippen molar-refractivity contribution < 1.29 is 13.6 Å². The second kappa shape index (κ2) is 5.15. The first-order valence-corrected chi connectivity index (χ1v) is 5.40. The second-order valence-corrected chi connectivity index (χ2v) is 3.83. The van der Waals surface area contributed by atoms with Crippen molar-refractivity contribution in [3.63, 3.8) is 0 Å². The normalized spacial score (nSPS) is 10.3. The van der Waals surface area contributed by atoms with Gasteiger partial charge in [-0.2, -0.15) is 4.98 Å². The largest absolute Gasteiger partial charge is 0.365 e. The number of anilines is 2. The van der Waals surface area contributed by atoms with Gasteiger partial charge >= 0.3 is 0 Å². The molecule has 0 saturated carbocycles. The maximum atomic E-state index is 13.5. The second-order valence-electron chi connectivity index (χ2n) is 3.49. The Hall–Kier alpha value is -2.28. The van der Waals surface area contributed by atoms with Crippen molar-refractivity contribution >= 4 is 29.0 Å². The summed E-state index contributed by atoms with van der Waals surface area (Å²) in [7, 11) is 0. The molecular formula is C11H7ClF2N4O. The summed E-state index contributed by atoms with van der Waals surface area (Å²) in [5.74, 6) is -2.71. The maximum absolute atomic E-state index is 13.5. The lowest BCUT2D eigenvalue weighted by atomic mass is 10.2. The molecule has 0 aliphatic carbocycles. The lowest BCUT2D eigenvalue weighted by Crippen LogP contribution is -2.15. The van der Waals surface area contributed by atoms with Gasteiger partial charge in [-0.05, 0) is 23.7 Å². The molecule has 0 aliphatic rings. The zero-order valence-electron chi connectivity index (χ0n) is 9.32. The summed E-state index contributed by atoms with van der Waals surface area (Å²) < 4.78 is 26.9. The molecule has 1 amide bonds. The van der Waals surface area contributed by atoms with Gasteiger partial charge in [0.05, 0.1) is 0 Å². The van der Waals surface area contributed by atoms with E-state index in [2.05, 4.69) is 15.3 Å². The standard InChI is InChI=1S/C11H7ClF2N4O/c12-11-16-4-5(9(15)19)10(18-11)17-8-6(13)2-1-3-7(8)14/h1-4H,(H2,15,19)(H,16,17,18). The maximum Gasteiger partial charge on any atom is 0.254 e. The van der Waals surface area contributed by atoms with Crippen molar-refractivity contribution in [1.29, 1.82) is 0 Å². The number of hydrogen-bond acceptors (Lipinski definition) is 4. The highest BCUT2D eigenvalue weighted by Gasteiger charge is 2.15. The first-order valence-electron chi connectivity index (χ1n) is 5.02. The number of para-hydroxylation sites is 1. The molecule has 0 fully saturated rings. The number of primary amides is 1. The van der Waals surface area contributed by atoms with E-state index in [4.69, 9.17) is 17.3 Å². The molecule has 0 unspecified atom stereocenters. The molecule has 3 N–H and O–H groups in total. The molecule has 5 nitrogen and oxygen atoms in total. The van der Waals surface area contributed by atoms with Gasteiger partial charge in [-0.25, -0.2) is 13.8 Å². The van der Waals surface area contributed by atoms with Crippen LogP contribution >= 0.6 is 11.6 Å². The summed E-state index contributed by atoms with van der Waals surface area (Å²) >= 11 is 5.57. The fourth-order valence-electron chi connectivity index (χ4n) is 1.37. The first kappa shape index (κ1) is 13.2. The molecule has 1 aromatic heterocycles. The average Bonchev–Trinajstić information content (AvgIpc) is 2.33. The predicted octanol–water partition coefficient (Wildman–Crippen LogP) is 2.25. The number of benzene rings is 1. The molecule has 0 bridgehead atoms. The summed E-state index contributed by atoms with van der Waals surface area (Å²) in [6.07, 6.45) is 1.07. The van der Waals surface area contributed by atoms with E-state index in [0.29, 0.717) is 0 Å². The average molecular weight is 285 g/mol. The van der Waals surface area contributed by atoms with Gasteiger partial charge in [0.25, 0.3) is 5.91 Å². The molecule has 1 aromatic carbocycles. The van der Waals surface area contributed by atoms with Crippen LogP contribution in [0, 0.1) is 11.6 Å². The molecule has 0 radical (unpaired) electrons. The summed E-state index contributed by atoms with van der Waals surface area (Å²) in [4.78, 5) is 18.4. The van der Waals surface area contributed by atoms with E-state index in [1.54, 1.807) is 0 Å². The van der Waals surface area contributed by atoms with Crippen molar-refractivity contribution in [1.82, 2.24) is 9.97 Å². The van der Waals surface area contributed by atoms with Crippen LogP contribution in [0.4, 0.5) is 20.3 Å². The van der Waals surface area contributed by atoms with Crippen LogP contribution in [0.15, 0.2) is 24.4 Å². The minimum Gasteiger partial charge on any atom is -0.365 e. The zero-order chi connectivity index (χ0) is 14.0. The predicted molar refractivity (Wildman–Crippen MR) is 65.2 cm³/mol. The number of carbonyl (C=O) groups is 1. The Morgan fingerprint density at radius 2 is 1.95 bits per heavy atom. The van der Waals surface area contributed by atoms with Crippen LogP contribution in [0.1, 0.15) is 10.4 Å². The summed E-state index contributed by atoms with van der Waals surface area (Å²) in [5.41, 5.74) is 4.51. The van der Waals surface area contributed by atoms with Crippen LogP contribution in [-0.2, 0) is 0 Å². The third kappa shape index (κ3) is 2.76. The van der Waals surface area contributed by atoms with Crippen LogP contribution < -0.4 is 11.1 Å². The quantitative estimate of drug-likeness (QED) is 0.847. The fraction of sp³-hybridized carbons (Fsp3) is 0. The number of carbonyl (C=O) groups excluding carboxylic acids is 1. The van der Waals surface area contributed by atoms with Crippen molar-refractivity contribution in [2.75, 3.05) is 5.32 Å². The van der Waals surface area contributed by atoms with Gasteiger partial charge in [-0.3, -0.25) is 4.79 Å².